The first kappa shape index (κ1) is 27.8. The monoisotopic (exact) mass is 545 g/mol. The number of allylic oxidation sites excluding steroid dienone is 4. The van der Waals surface area contributed by atoms with Crippen molar-refractivity contribution in [2.75, 3.05) is 31.5 Å². The van der Waals surface area contributed by atoms with Gasteiger partial charge in [0.1, 0.15) is 5.82 Å². The van der Waals surface area contributed by atoms with Gasteiger partial charge in [-0.3, -0.25) is 9.89 Å². The summed E-state index contributed by atoms with van der Waals surface area (Å²) in [5, 5.41) is 12.0. The second-order valence-electron chi connectivity index (χ2n) is 10.3. The second kappa shape index (κ2) is 12.2. The van der Waals surface area contributed by atoms with Gasteiger partial charge in [-0.1, -0.05) is 36.4 Å². The maximum atomic E-state index is 13.1. The van der Waals surface area contributed by atoms with Gasteiger partial charge in [0.05, 0.1) is 23.4 Å². The number of rotatable bonds is 6. The van der Waals surface area contributed by atoms with Crippen LogP contribution < -0.4 is 5.32 Å². The van der Waals surface area contributed by atoms with E-state index in [0.29, 0.717) is 44.0 Å². The third kappa shape index (κ3) is 5.91. The minimum absolute atomic E-state index is 0.0869. The Labute approximate surface area is 241 Å². The molecule has 1 saturated heterocycles. The van der Waals surface area contributed by atoms with Gasteiger partial charge in [-0.15, -0.1) is 0 Å². The summed E-state index contributed by atoms with van der Waals surface area (Å²) in [6.07, 6.45) is 9.81. The van der Waals surface area contributed by atoms with Crippen molar-refractivity contribution in [2.45, 2.75) is 33.4 Å². The SMILES string of the molecule is C=CC1=C(N=CC)C(N2CCN(C(=O)Nc3ccc(C#N)cc3)CC2)c2ccc(C)cc2C(Cn2ccnc2C)=C1. The number of carbonyl (C=O) groups excluding carboxylic acids is 1. The summed E-state index contributed by atoms with van der Waals surface area (Å²) in [7, 11) is 0. The maximum absolute atomic E-state index is 13.1. The highest BCUT2D eigenvalue weighted by Gasteiger charge is 2.34. The number of benzene rings is 2. The second-order valence-corrected chi connectivity index (χ2v) is 10.3. The number of nitrogens with zero attached hydrogens (tertiary/aromatic N) is 6. The van der Waals surface area contributed by atoms with Gasteiger partial charge in [-0.05, 0) is 73.4 Å². The summed E-state index contributed by atoms with van der Waals surface area (Å²) in [6.45, 7) is 13.5. The highest BCUT2D eigenvalue weighted by Crippen LogP contribution is 2.41. The van der Waals surface area contributed by atoms with Gasteiger partial charge in [0, 0.05) is 57.0 Å². The van der Waals surface area contributed by atoms with Crippen LogP contribution in [0, 0.1) is 25.2 Å². The Morgan fingerprint density at radius 3 is 2.56 bits per heavy atom. The van der Waals surface area contributed by atoms with Crippen molar-refractivity contribution in [3.05, 3.63) is 113 Å². The molecule has 2 aliphatic rings. The Morgan fingerprint density at radius 2 is 1.93 bits per heavy atom. The Bertz CT molecular complexity index is 1580. The zero-order valence-corrected chi connectivity index (χ0v) is 23.8. The van der Waals surface area contributed by atoms with Gasteiger partial charge in [0.2, 0.25) is 0 Å². The fraction of sp³-hybridized carbons (Fsp3) is 0.273. The molecule has 8 nitrogen and oxygen atoms in total. The molecule has 0 saturated carbocycles. The third-order valence-electron chi connectivity index (χ3n) is 7.72. The van der Waals surface area contributed by atoms with Crippen LogP contribution in [0.3, 0.4) is 0 Å². The number of hydrogen-bond acceptors (Lipinski definition) is 5. The van der Waals surface area contributed by atoms with Gasteiger partial charge in [-0.2, -0.15) is 5.26 Å². The quantitative estimate of drug-likeness (QED) is 0.391. The van der Waals surface area contributed by atoms with Crippen LogP contribution in [0.4, 0.5) is 10.5 Å². The van der Waals surface area contributed by atoms with Gasteiger partial charge >= 0.3 is 6.03 Å². The number of urea groups is 1. The van der Waals surface area contributed by atoms with Crippen LogP contribution in [-0.2, 0) is 6.54 Å². The molecule has 2 amide bonds. The first-order valence-electron chi connectivity index (χ1n) is 13.9. The first-order chi connectivity index (χ1) is 19.9. The molecule has 5 rings (SSSR count). The van der Waals surface area contributed by atoms with E-state index in [1.807, 2.05) is 43.4 Å². The van der Waals surface area contributed by atoms with Crippen molar-refractivity contribution in [3.8, 4) is 6.07 Å². The van der Waals surface area contributed by atoms with Gasteiger partial charge < -0.3 is 14.8 Å². The Kier molecular flexibility index (Phi) is 8.27. The van der Waals surface area contributed by atoms with Crippen LogP contribution >= 0.6 is 0 Å². The molecule has 1 aliphatic carbocycles. The summed E-state index contributed by atoms with van der Waals surface area (Å²) in [6, 6.07) is 15.4. The number of nitriles is 1. The lowest BCUT2D eigenvalue weighted by molar-refractivity contribution is 0.124. The minimum atomic E-state index is -0.139. The van der Waals surface area contributed by atoms with Crippen molar-refractivity contribution in [2.24, 2.45) is 4.99 Å². The molecule has 208 valence electrons. The van der Waals surface area contributed by atoms with E-state index >= 15 is 0 Å². The molecular weight excluding hydrogens is 510 g/mol. The highest BCUT2D eigenvalue weighted by molar-refractivity contribution is 5.89. The molecule has 1 fully saturated rings. The summed E-state index contributed by atoms with van der Waals surface area (Å²) in [5.41, 5.74) is 7.97. The largest absolute Gasteiger partial charge is 0.331 e. The number of fused-ring (bicyclic) bond motifs is 1. The minimum Gasteiger partial charge on any atom is -0.331 e. The molecule has 0 radical (unpaired) electrons. The van der Waals surface area contributed by atoms with E-state index in [9.17, 15) is 4.79 Å². The van der Waals surface area contributed by atoms with Crippen molar-refractivity contribution in [1.29, 1.82) is 5.26 Å². The van der Waals surface area contributed by atoms with Crippen molar-refractivity contribution >= 4 is 23.5 Å². The number of carbonyl (C=O) groups is 1. The molecule has 1 atom stereocenters. The van der Waals surface area contributed by atoms with E-state index in [1.54, 1.807) is 24.3 Å². The number of amides is 2. The number of hydrogen-bond donors (Lipinski definition) is 1. The predicted molar refractivity (Wildman–Crippen MR) is 164 cm³/mol. The van der Waals surface area contributed by atoms with Crippen LogP contribution in [0.5, 0.6) is 0 Å². The van der Waals surface area contributed by atoms with Crippen LogP contribution in [-0.4, -0.2) is 57.8 Å². The topological polar surface area (TPSA) is 89.5 Å². The average Bonchev–Trinajstić information content (AvgIpc) is 3.34. The normalized spacial score (nSPS) is 17.6. The maximum Gasteiger partial charge on any atom is 0.321 e. The number of piperazine rings is 1. The van der Waals surface area contributed by atoms with Gasteiger partial charge in [0.25, 0.3) is 0 Å². The zero-order valence-electron chi connectivity index (χ0n) is 23.8. The number of imidazole rings is 1. The van der Waals surface area contributed by atoms with E-state index in [1.165, 1.54) is 22.3 Å². The molecule has 41 heavy (non-hydrogen) atoms. The lowest BCUT2D eigenvalue weighted by Gasteiger charge is -2.40. The van der Waals surface area contributed by atoms with Crippen molar-refractivity contribution in [3.63, 3.8) is 0 Å². The fourth-order valence-electron chi connectivity index (χ4n) is 5.55. The number of aryl methyl sites for hydroxylation is 2. The molecule has 3 aromatic rings. The van der Waals surface area contributed by atoms with Crippen LogP contribution in [0.2, 0.25) is 0 Å². The summed E-state index contributed by atoms with van der Waals surface area (Å²) >= 11 is 0. The first-order valence-corrected chi connectivity index (χ1v) is 13.9. The fourth-order valence-corrected chi connectivity index (χ4v) is 5.55. The molecule has 1 aliphatic heterocycles. The Balaban J connectivity index is 1.44. The lowest BCUT2D eigenvalue weighted by atomic mass is 9.92. The molecule has 8 heteroatoms. The molecule has 2 heterocycles. The van der Waals surface area contributed by atoms with E-state index in [-0.39, 0.29) is 12.1 Å². The van der Waals surface area contributed by atoms with Crippen LogP contribution in [0.1, 0.15) is 41.0 Å². The molecule has 1 N–H and O–H groups in total. The van der Waals surface area contributed by atoms with Crippen molar-refractivity contribution in [1.82, 2.24) is 19.4 Å². The number of nitrogens with one attached hydrogen (secondary N) is 1. The zero-order chi connectivity index (χ0) is 28.9. The van der Waals surface area contributed by atoms with Gasteiger partial charge in [0.15, 0.2) is 0 Å². The number of anilines is 1. The predicted octanol–water partition coefficient (Wildman–Crippen LogP) is 5.89. The number of aromatic nitrogens is 2. The molecule has 0 bridgehead atoms. The molecular formula is C33H35N7O. The van der Waals surface area contributed by atoms with E-state index in [4.69, 9.17) is 10.3 Å². The Hall–Kier alpha value is -4.74. The molecule has 2 aromatic carbocycles. The molecule has 1 aromatic heterocycles. The summed E-state index contributed by atoms with van der Waals surface area (Å²) in [4.78, 5) is 26.7. The summed E-state index contributed by atoms with van der Waals surface area (Å²) < 4.78 is 2.16. The third-order valence-corrected chi connectivity index (χ3v) is 7.72. The van der Waals surface area contributed by atoms with Gasteiger partial charge in [-0.25, -0.2) is 9.78 Å². The highest BCUT2D eigenvalue weighted by atomic mass is 16.2. The summed E-state index contributed by atoms with van der Waals surface area (Å²) in [5.74, 6) is 0.965. The van der Waals surface area contributed by atoms with Crippen LogP contribution in [0.15, 0.2) is 89.9 Å². The average molecular weight is 546 g/mol. The van der Waals surface area contributed by atoms with Crippen molar-refractivity contribution < 1.29 is 4.79 Å². The van der Waals surface area contributed by atoms with E-state index in [0.717, 1.165) is 17.1 Å². The smallest absolute Gasteiger partial charge is 0.321 e. The van der Waals surface area contributed by atoms with E-state index in [2.05, 4.69) is 63.6 Å². The standard InChI is InChI=1S/C33H35N7O/c1-5-26-20-27(22-40-14-13-36-24(40)4)30-19-23(3)7-12-29(30)32(31(26)35-6-2)38-15-17-39(18-16-38)33(41)37-28-10-8-25(21-34)9-11-28/h5-14,19-20,32H,1,15-18,22H2,2-4H3,(H,37,41). The molecule has 1 unspecified atom stereocenters. The lowest BCUT2D eigenvalue weighted by Crippen LogP contribution is -2.51. The molecule has 0 spiro atoms. The van der Waals surface area contributed by atoms with E-state index < -0.39 is 0 Å². The number of aliphatic imine (C=N–C) groups is 1. The Morgan fingerprint density at radius 1 is 1.17 bits per heavy atom. The van der Waals surface area contributed by atoms with Crippen LogP contribution in [0.25, 0.3) is 5.57 Å².